The smallest absolute Gasteiger partial charge is 0.340 e. The van der Waals surface area contributed by atoms with Crippen LogP contribution < -0.4 is 5.56 Å². The molecule has 2 N–H and O–H groups in total. The molecule has 0 spiro atoms. The van der Waals surface area contributed by atoms with Crippen LogP contribution in [0.15, 0.2) is 27.9 Å². The lowest BCUT2D eigenvalue weighted by Gasteiger charge is -2.21. The fourth-order valence-corrected chi connectivity index (χ4v) is 5.06. The number of halogens is 1. The van der Waals surface area contributed by atoms with Gasteiger partial charge in [0, 0.05) is 34.1 Å². The van der Waals surface area contributed by atoms with Gasteiger partial charge in [0.1, 0.15) is 12.4 Å². The number of benzene rings is 1. The molecule has 5 rings (SSSR count). The number of rotatable bonds is 5. The Kier molecular flexibility index (Phi) is 5.27. The number of aliphatic hydroxyl groups excluding tert-OH is 2. The maximum Gasteiger partial charge on any atom is 0.340 e. The summed E-state index contributed by atoms with van der Waals surface area (Å²) in [4.78, 5) is 30.2. The van der Waals surface area contributed by atoms with E-state index >= 15 is 0 Å². The highest BCUT2D eigenvalue weighted by Crippen LogP contribution is 2.39. The summed E-state index contributed by atoms with van der Waals surface area (Å²) < 4.78 is 21.1. The first-order valence-corrected chi connectivity index (χ1v) is 11.6. The molecule has 0 fully saturated rings. The molecule has 2 aliphatic rings. The van der Waals surface area contributed by atoms with Crippen LogP contribution >= 0.6 is 11.8 Å². The number of thioether (sulfide) groups is 1. The van der Waals surface area contributed by atoms with E-state index in [0.717, 1.165) is 22.9 Å². The summed E-state index contributed by atoms with van der Waals surface area (Å²) in [6.45, 7) is 0.195. The number of hydrogen-bond donors (Lipinski definition) is 2. The average Bonchev–Trinajstić information content (AvgIpc) is 3.14. The molecule has 0 saturated carbocycles. The van der Waals surface area contributed by atoms with Gasteiger partial charge in [-0.15, -0.1) is 11.8 Å². The average molecular weight is 456 g/mol. The SMILES string of the molecule is CSc1cc2c(CCCCO)c3c(nc2cc1F)-c1cc2c(c(=O)n1C3)COC(=O)[C@H]2O. The van der Waals surface area contributed by atoms with E-state index < -0.39 is 12.1 Å². The van der Waals surface area contributed by atoms with Gasteiger partial charge in [-0.25, -0.2) is 14.2 Å². The third-order valence-electron chi connectivity index (χ3n) is 6.18. The Hall–Kier alpha value is -2.75. The minimum Gasteiger partial charge on any atom is -0.458 e. The minimum atomic E-state index is -1.52. The number of ether oxygens (including phenoxy) is 1. The van der Waals surface area contributed by atoms with Crippen LogP contribution in [-0.4, -0.2) is 38.6 Å². The molecular formula is C23H21FN2O5S. The van der Waals surface area contributed by atoms with Crippen LogP contribution in [0.5, 0.6) is 0 Å². The summed E-state index contributed by atoms with van der Waals surface area (Å²) in [7, 11) is 0. The van der Waals surface area contributed by atoms with Crippen molar-refractivity contribution in [3.05, 3.63) is 56.6 Å². The fraction of sp³-hybridized carbons (Fsp3) is 0.348. The van der Waals surface area contributed by atoms with Crippen molar-refractivity contribution in [2.24, 2.45) is 0 Å². The Morgan fingerprint density at radius 3 is 2.81 bits per heavy atom. The molecule has 0 aliphatic carbocycles. The Bertz CT molecular complexity index is 1340. The fourth-order valence-electron chi connectivity index (χ4n) is 4.57. The summed E-state index contributed by atoms with van der Waals surface area (Å²) >= 11 is 1.32. The monoisotopic (exact) mass is 456 g/mol. The van der Waals surface area contributed by atoms with E-state index in [1.54, 1.807) is 16.7 Å². The molecular weight excluding hydrogens is 435 g/mol. The van der Waals surface area contributed by atoms with Gasteiger partial charge in [-0.05, 0) is 43.2 Å². The molecule has 3 aromatic rings. The van der Waals surface area contributed by atoms with Gasteiger partial charge in [0.2, 0.25) is 0 Å². The van der Waals surface area contributed by atoms with Crippen LogP contribution in [0.1, 0.15) is 41.2 Å². The van der Waals surface area contributed by atoms with Crippen molar-refractivity contribution in [1.82, 2.24) is 9.55 Å². The first-order chi connectivity index (χ1) is 15.4. The normalized spacial score (nSPS) is 16.6. The van der Waals surface area contributed by atoms with Crippen molar-refractivity contribution in [3.8, 4) is 11.4 Å². The van der Waals surface area contributed by atoms with E-state index in [-0.39, 0.29) is 35.7 Å². The molecule has 0 amide bonds. The number of fused-ring (bicyclic) bond motifs is 5. The Morgan fingerprint density at radius 1 is 1.25 bits per heavy atom. The molecule has 7 nitrogen and oxygen atoms in total. The first kappa shape index (κ1) is 21.1. The van der Waals surface area contributed by atoms with Gasteiger partial charge in [0.05, 0.1) is 29.0 Å². The molecule has 166 valence electrons. The molecule has 9 heteroatoms. The van der Waals surface area contributed by atoms with Gasteiger partial charge in [-0.2, -0.15) is 0 Å². The van der Waals surface area contributed by atoms with Crippen molar-refractivity contribution >= 4 is 28.6 Å². The number of aromatic nitrogens is 2. The number of aryl methyl sites for hydroxylation is 1. The zero-order valence-corrected chi connectivity index (χ0v) is 18.2. The molecule has 1 atom stereocenters. The second-order valence-corrected chi connectivity index (χ2v) is 8.82. The number of pyridine rings is 2. The summed E-state index contributed by atoms with van der Waals surface area (Å²) in [5, 5.41) is 20.4. The third-order valence-corrected chi connectivity index (χ3v) is 6.94. The number of nitrogens with zero attached hydrogens (tertiary/aromatic N) is 2. The standard InChI is InChI=1S/C23H21FN2O5S/c1-32-19-7-12-11(4-2-3-5-27)14-9-26-18(20(14)25-17(12)8-16(19)24)6-13-15(22(26)29)10-31-23(30)21(13)28/h6-8,21,27-28H,2-5,9-10H2,1H3/t21-/m0/s1. The summed E-state index contributed by atoms with van der Waals surface area (Å²) in [6.07, 6.45) is 2.30. The van der Waals surface area contributed by atoms with E-state index in [2.05, 4.69) is 0 Å². The van der Waals surface area contributed by atoms with Crippen LogP contribution in [0.25, 0.3) is 22.3 Å². The highest BCUT2D eigenvalue weighted by molar-refractivity contribution is 7.98. The predicted molar refractivity (Wildman–Crippen MR) is 117 cm³/mol. The maximum atomic E-state index is 14.6. The number of cyclic esters (lactones) is 1. The maximum absolute atomic E-state index is 14.6. The molecule has 0 radical (unpaired) electrons. The lowest BCUT2D eigenvalue weighted by molar-refractivity contribution is -0.157. The van der Waals surface area contributed by atoms with E-state index in [1.165, 1.54) is 17.8 Å². The molecule has 1 aromatic carbocycles. The van der Waals surface area contributed by atoms with Crippen LogP contribution in [0.2, 0.25) is 0 Å². The van der Waals surface area contributed by atoms with Gasteiger partial charge < -0.3 is 19.5 Å². The second kappa shape index (κ2) is 7.99. The quantitative estimate of drug-likeness (QED) is 0.270. The van der Waals surface area contributed by atoms with Crippen molar-refractivity contribution < 1.29 is 24.1 Å². The number of hydrogen-bond acceptors (Lipinski definition) is 7. The third kappa shape index (κ3) is 3.15. The van der Waals surface area contributed by atoms with Crippen LogP contribution in [-0.2, 0) is 29.1 Å². The predicted octanol–water partition coefficient (Wildman–Crippen LogP) is 2.69. The number of esters is 1. The Balaban J connectivity index is 1.76. The van der Waals surface area contributed by atoms with Crippen molar-refractivity contribution in [2.45, 2.75) is 43.4 Å². The molecule has 2 aromatic heterocycles. The molecule has 0 bridgehead atoms. The molecule has 0 saturated heterocycles. The number of carbonyl (C=O) groups excluding carboxylic acids is 1. The van der Waals surface area contributed by atoms with Crippen molar-refractivity contribution in [3.63, 3.8) is 0 Å². The largest absolute Gasteiger partial charge is 0.458 e. The van der Waals surface area contributed by atoms with Gasteiger partial charge in [0.15, 0.2) is 6.10 Å². The molecule has 4 heterocycles. The summed E-state index contributed by atoms with van der Waals surface area (Å²) in [5.41, 5.74) is 3.54. The van der Waals surface area contributed by atoms with Gasteiger partial charge >= 0.3 is 5.97 Å². The first-order valence-electron chi connectivity index (χ1n) is 10.4. The Morgan fingerprint density at radius 2 is 2.06 bits per heavy atom. The number of carbonyl (C=O) groups is 1. The number of aliphatic hydroxyl groups is 2. The highest BCUT2D eigenvalue weighted by Gasteiger charge is 2.34. The zero-order chi connectivity index (χ0) is 22.6. The molecule has 0 unspecified atom stereocenters. The van der Waals surface area contributed by atoms with E-state index in [0.29, 0.717) is 41.2 Å². The van der Waals surface area contributed by atoms with Crippen LogP contribution in [0.3, 0.4) is 0 Å². The highest BCUT2D eigenvalue weighted by atomic mass is 32.2. The summed E-state index contributed by atoms with van der Waals surface area (Å²) in [5.74, 6) is -1.15. The topological polar surface area (TPSA) is 102 Å². The van der Waals surface area contributed by atoms with Crippen LogP contribution in [0, 0.1) is 5.82 Å². The van der Waals surface area contributed by atoms with E-state index in [4.69, 9.17) is 9.72 Å². The lowest BCUT2D eigenvalue weighted by atomic mass is 9.95. The van der Waals surface area contributed by atoms with Gasteiger partial charge in [-0.1, -0.05) is 0 Å². The Labute approximate surface area is 186 Å². The van der Waals surface area contributed by atoms with E-state index in [9.17, 15) is 24.2 Å². The van der Waals surface area contributed by atoms with Gasteiger partial charge in [-0.3, -0.25) is 4.79 Å². The zero-order valence-electron chi connectivity index (χ0n) is 17.4. The summed E-state index contributed by atoms with van der Waals surface area (Å²) in [6, 6.07) is 4.82. The van der Waals surface area contributed by atoms with Crippen LogP contribution in [0.4, 0.5) is 4.39 Å². The second-order valence-electron chi connectivity index (χ2n) is 7.97. The van der Waals surface area contributed by atoms with Gasteiger partial charge in [0.25, 0.3) is 5.56 Å². The molecule has 32 heavy (non-hydrogen) atoms. The minimum absolute atomic E-state index is 0.0776. The molecule has 2 aliphatic heterocycles. The van der Waals surface area contributed by atoms with Crippen molar-refractivity contribution in [1.29, 1.82) is 0 Å². The van der Waals surface area contributed by atoms with Crippen molar-refractivity contribution in [2.75, 3.05) is 12.9 Å². The van der Waals surface area contributed by atoms with E-state index in [1.807, 2.05) is 6.26 Å². The lowest BCUT2D eigenvalue weighted by Crippen LogP contribution is -2.32. The number of unbranched alkanes of at least 4 members (excludes halogenated alkanes) is 1.